The molecular weight excluding hydrogens is 228 g/mol. The molecule has 1 amide bonds. The molecule has 94 valence electrons. The number of H-pyrrole nitrogens is 1. The second kappa shape index (κ2) is 3.85. The van der Waals surface area contributed by atoms with E-state index >= 15 is 0 Å². The van der Waals surface area contributed by atoms with E-state index in [2.05, 4.69) is 4.98 Å². The molecule has 0 unspecified atom stereocenters. The minimum atomic E-state index is -0.679. The number of nitrogens with one attached hydrogen (secondary N) is 1. The fourth-order valence-electron chi connectivity index (χ4n) is 2.47. The molecule has 4 nitrogen and oxygen atoms in total. The zero-order valence-corrected chi connectivity index (χ0v) is 10.3. The van der Waals surface area contributed by atoms with Crippen LogP contribution in [-0.2, 0) is 0 Å². The molecule has 3 rings (SSSR count). The van der Waals surface area contributed by atoms with E-state index in [-0.39, 0.29) is 5.91 Å². The zero-order chi connectivity index (χ0) is 12.8. The third-order valence-electron chi connectivity index (χ3n) is 3.74. The summed E-state index contributed by atoms with van der Waals surface area (Å²) in [7, 11) is 0. The maximum atomic E-state index is 12.3. The Morgan fingerprint density at radius 3 is 2.94 bits per heavy atom. The monoisotopic (exact) mass is 244 g/mol. The van der Waals surface area contributed by atoms with Crippen LogP contribution in [0.5, 0.6) is 0 Å². The molecule has 1 aliphatic heterocycles. The predicted molar refractivity (Wildman–Crippen MR) is 69.4 cm³/mol. The minimum absolute atomic E-state index is 0.00155. The molecule has 1 aromatic carbocycles. The van der Waals surface area contributed by atoms with Crippen molar-refractivity contribution in [3.05, 3.63) is 36.0 Å². The average Bonchev–Trinajstić information content (AvgIpc) is 2.82. The van der Waals surface area contributed by atoms with Crippen LogP contribution in [0.3, 0.4) is 0 Å². The predicted octanol–water partition coefficient (Wildman–Crippen LogP) is 1.76. The molecule has 0 saturated carbocycles. The Hall–Kier alpha value is -1.81. The van der Waals surface area contributed by atoms with Crippen molar-refractivity contribution < 1.29 is 9.90 Å². The number of carbonyl (C=O) groups excluding carboxylic acids is 1. The van der Waals surface area contributed by atoms with E-state index in [0.29, 0.717) is 25.1 Å². The molecule has 0 spiro atoms. The smallest absolute Gasteiger partial charge is 0.254 e. The highest BCUT2D eigenvalue weighted by atomic mass is 16.3. The average molecular weight is 244 g/mol. The summed E-state index contributed by atoms with van der Waals surface area (Å²) in [6, 6.07) is 7.57. The summed E-state index contributed by atoms with van der Waals surface area (Å²) in [5, 5.41) is 10.9. The lowest BCUT2D eigenvalue weighted by atomic mass is 9.90. The van der Waals surface area contributed by atoms with Crippen molar-refractivity contribution >= 4 is 16.8 Å². The van der Waals surface area contributed by atoms with Crippen LogP contribution in [0.1, 0.15) is 23.7 Å². The topological polar surface area (TPSA) is 56.3 Å². The van der Waals surface area contributed by atoms with Gasteiger partial charge in [-0.15, -0.1) is 0 Å². The third-order valence-corrected chi connectivity index (χ3v) is 3.74. The van der Waals surface area contributed by atoms with Crippen LogP contribution in [0.15, 0.2) is 30.5 Å². The first-order valence-corrected chi connectivity index (χ1v) is 6.21. The van der Waals surface area contributed by atoms with Crippen molar-refractivity contribution in [1.82, 2.24) is 9.88 Å². The summed E-state index contributed by atoms with van der Waals surface area (Å²) in [5.74, 6) is -0.00155. The van der Waals surface area contributed by atoms with Gasteiger partial charge in [-0.05, 0) is 24.6 Å². The van der Waals surface area contributed by atoms with Crippen LogP contribution >= 0.6 is 0 Å². The van der Waals surface area contributed by atoms with Crippen molar-refractivity contribution in [3.63, 3.8) is 0 Å². The van der Waals surface area contributed by atoms with Gasteiger partial charge in [-0.3, -0.25) is 4.79 Å². The van der Waals surface area contributed by atoms with E-state index in [0.717, 1.165) is 10.9 Å². The number of likely N-dealkylation sites (tertiary alicyclic amines) is 1. The number of aliphatic hydroxyl groups is 1. The van der Waals surface area contributed by atoms with Crippen molar-refractivity contribution in [2.45, 2.75) is 18.9 Å². The summed E-state index contributed by atoms with van der Waals surface area (Å²) in [6.07, 6.45) is 2.52. The van der Waals surface area contributed by atoms with Crippen molar-refractivity contribution in [2.75, 3.05) is 13.1 Å². The molecule has 0 radical (unpaired) electrons. The number of aromatic amines is 1. The van der Waals surface area contributed by atoms with Gasteiger partial charge in [-0.25, -0.2) is 0 Å². The number of fused-ring (bicyclic) bond motifs is 1. The van der Waals surface area contributed by atoms with Gasteiger partial charge in [0.1, 0.15) is 0 Å². The van der Waals surface area contributed by atoms with E-state index in [1.807, 2.05) is 37.4 Å². The van der Waals surface area contributed by atoms with Gasteiger partial charge < -0.3 is 15.0 Å². The Balaban J connectivity index is 1.88. The first-order chi connectivity index (χ1) is 8.63. The molecule has 2 N–H and O–H groups in total. The van der Waals surface area contributed by atoms with Gasteiger partial charge >= 0.3 is 0 Å². The molecule has 0 atom stereocenters. The highest BCUT2D eigenvalue weighted by molar-refractivity contribution is 6.06. The fourth-order valence-corrected chi connectivity index (χ4v) is 2.47. The largest absolute Gasteiger partial charge is 0.386 e. The van der Waals surface area contributed by atoms with E-state index in [9.17, 15) is 9.90 Å². The number of benzene rings is 1. The number of amides is 1. The third kappa shape index (κ3) is 1.61. The van der Waals surface area contributed by atoms with E-state index in [4.69, 9.17) is 0 Å². The summed E-state index contributed by atoms with van der Waals surface area (Å²) < 4.78 is 0. The lowest BCUT2D eigenvalue weighted by molar-refractivity contribution is -0.0825. The Morgan fingerprint density at radius 1 is 1.44 bits per heavy atom. The molecular formula is C14H16N2O2. The van der Waals surface area contributed by atoms with Gasteiger partial charge in [0, 0.05) is 22.7 Å². The molecule has 2 aromatic rings. The van der Waals surface area contributed by atoms with Gasteiger partial charge in [0.15, 0.2) is 0 Å². The summed E-state index contributed by atoms with van der Waals surface area (Å²) in [6.45, 7) is 2.81. The number of hydrogen-bond donors (Lipinski definition) is 2. The molecule has 18 heavy (non-hydrogen) atoms. The lowest BCUT2D eigenvalue weighted by Gasteiger charge is -2.46. The molecule has 0 aliphatic carbocycles. The summed E-state index contributed by atoms with van der Waals surface area (Å²) in [5.41, 5.74) is 0.987. The quantitative estimate of drug-likeness (QED) is 0.845. The van der Waals surface area contributed by atoms with Crippen molar-refractivity contribution in [3.8, 4) is 0 Å². The highest BCUT2D eigenvalue weighted by Gasteiger charge is 2.42. The van der Waals surface area contributed by atoms with Gasteiger partial charge in [-0.1, -0.05) is 13.0 Å². The van der Waals surface area contributed by atoms with Gasteiger partial charge in [0.05, 0.1) is 18.7 Å². The molecule has 0 bridgehead atoms. The molecule has 1 aromatic heterocycles. The number of aromatic nitrogens is 1. The standard InChI is InChI=1S/C14H16N2O2/c1-2-14(18)8-16(9-14)13(17)11-4-3-5-12-10(11)6-7-15-12/h3-7,15,18H,2,8-9H2,1H3. The minimum Gasteiger partial charge on any atom is -0.386 e. The maximum Gasteiger partial charge on any atom is 0.254 e. The first-order valence-electron chi connectivity index (χ1n) is 6.21. The fraction of sp³-hybridized carbons (Fsp3) is 0.357. The van der Waals surface area contributed by atoms with Gasteiger partial charge in [-0.2, -0.15) is 0 Å². The Kier molecular flexibility index (Phi) is 2.41. The van der Waals surface area contributed by atoms with Crippen LogP contribution in [0.4, 0.5) is 0 Å². The van der Waals surface area contributed by atoms with Gasteiger partial charge in [0.2, 0.25) is 0 Å². The van der Waals surface area contributed by atoms with Crippen molar-refractivity contribution in [1.29, 1.82) is 0 Å². The molecule has 4 heteroatoms. The number of carbonyl (C=O) groups is 1. The van der Waals surface area contributed by atoms with E-state index < -0.39 is 5.60 Å². The van der Waals surface area contributed by atoms with E-state index in [1.165, 1.54) is 0 Å². The van der Waals surface area contributed by atoms with Crippen molar-refractivity contribution in [2.24, 2.45) is 0 Å². The number of hydrogen-bond acceptors (Lipinski definition) is 2. The maximum absolute atomic E-state index is 12.3. The highest BCUT2D eigenvalue weighted by Crippen LogP contribution is 2.27. The van der Waals surface area contributed by atoms with Crippen LogP contribution in [0.2, 0.25) is 0 Å². The molecule has 1 fully saturated rings. The Bertz CT molecular complexity index is 597. The summed E-state index contributed by atoms with van der Waals surface area (Å²) in [4.78, 5) is 17.1. The zero-order valence-electron chi connectivity index (χ0n) is 10.3. The second-order valence-electron chi connectivity index (χ2n) is 4.98. The Labute approximate surface area is 105 Å². The van der Waals surface area contributed by atoms with Crippen LogP contribution in [-0.4, -0.2) is 39.6 Å². The van der Waals surface area contributed by atoms with Crippen LogP contribution in [0, 0.1) is 0 Å². The van der Waals surface area contributed by atoms with E-state index in [1.54, 1.807) is 4.90 Å². The molecule has 1 aliphatic rings. The Morgan fingerprint density at radius 2 is 2.22 bits per heavy atom. The second-order valence-corrected chi connectivity index (χ2v) is 4.98. The number of rotatable bonds is 2. The molecule has 1 saturated heterocycles. The lowest BCUT2D eigenvalue weighted by Crippen LogP contribution is -2.63. The normalized spacial score (nSPS) is 17.8. The summed E-state index contributed by atoms with van der Waals surface area (Å²) >= 11 is 0. The number of nitrogens with zero attached hydrogens (tertiary/aromatic N) is 1. The SMILES string of the molecule is CCC1(O)CN(C(=O)c2cccc3[nH]ccc23)C1. The molecule has 2 heterocycles. The van der Waals surface area contributed by atoms with Crippen LogP contribution < -0.4 is 0 Å². The van der Waals surface area contributed by atoms with Gasteiger partial charge in [0.25, 0.3) is 5.91 Å². The van der Waals surface area contributed by atoms with Crippen LogP contribution in [0.25, 0.3) is 10.9 Å². The first kappa shape index (κ1) is 11.3. The number of β-amino-alcohol motifs (C(OH)–C–C–N with tert-alkyl or cyclic N) is 1.